The molecule has 3 rings (SSSR count). The van der Waals surface area contributed by atoms with Crippen LogP contribution >= 0.6 is 0 Å². The third-order valence-electron chi connectivity index (χ3n) is 4.23. The van der Waals surface area contributed by atoms with Crippen molar-refractivity contribution in [3.8, 4) is 0 Å². The normalized spacial score (nSPS) is 19.5. The number of rotatable bonds is 4. The number of amides is 1. The standard InChI is InChI=1S/C18H17F2NO2/c1-10-2-3-11(9-22)6-17(10)21-18(23)15-8-13(15)14-7-12(19)4-5-16(14)20/h2-7,13,15,22H,8-9H2,1H3,(H,21,23). The van der Waals surface area contributed by atoms with E-state index in [1.165, 1.54) is 0 Å². The van der Waals surface area contributed by atoms with Gasteiger partial charge in [-0.05, 0) is 60.2 Å². The Labute approximate surface area is 133 Å². The fourth-order valence-electron chi connectivity index (χ4n) is 2.75. The van der Waals surface area contributed by atoms with E-state index >= 15 is 0 Å². The van der Waals surface area contributed by atoms with Crippen LogP contribution in [0.5, 0.6) is 0 Å². The summed E-state index contributed by atoms with van der Waals surface area (Å²) in [5, 5.41) is 12.0. The van der Waals surface area contributed by atoms with Crippen LogP contribution in [0.25, 0.3) is 0 Å². The van der Waals surface area contributed by atoms with Gasteiger partial charge >= 0.3 is 0 Å². The highest BCUT2D eigenvalue weighted by atomic mass is 19.1. The van der Waals surface area contributed by atoms with Crippen molar-refractivity contribution in [2.24, 2.45) is 5.92 Å². The Morgan fingerprint density at radius 2 is 2.04 bits per heavy atom. The van der Waals surface area contributed by atoms with Crippen LogP contribution in [0, 0.1) is 24.5 Å². The number of aliphatic hydroxyl groups excluding tert-OH is 1. The lowest BCUT2D eigenvalue weighted by atomic mass is 10.1. The van der Waals surface area contributed by atoms with Crippen molar-refractivity contribution in [1.29, 1.82) is 0 Å². The van der Waals surface area contributed by atoms with E-state index in [4.69, 9.17) is 5.11 Å². The smallest absolute Gasteiger partial charge is 0.228 e. The molecule has 1 aliphatic carbocycles. The lowest BCUT2D eigenvalue weighted by Crippen LogP contribution is -2.15. The first-order valence-corrected chi connectivity index (χ1v) is 7.46. The molecule has 0 spiro atoms. The predicted molar refractivity (Wildman–Crippen MR) is 82.9 cm³/mol. The molecule has 2 N–H and O–H groups in total. The largest absolute Gasteiger partial charge is 0.392 e. The van der Waals surface area contributed by atoms with Gasteiger partial charge in [-0.1, -0.05) is 12.1 Å². The number of nitrogens with one attached hydrogen (secondary N) is 1. The molecule has 120 valence electrons. The zero-order chi connectivity index (χ0) is 16.6. The highest BCUT2D eigenvalue weighted by Gasteiger charge is 2.45. The third kappa shape index (κ3) is 3.24. The molecule has 2 aromatic rings. The van der Waals surface area contributed by atoms with Crippen LogP contribution in [-0.2, 0) is 11.4 Å². The van der Waals surface area contributed by atoms with E-state index in [9.17, 15) is 13.6 Å². The number of carbonyl (C=O) groups is 1. The predicted octanol–water partition coefficient (Wildman–Crippen LogP) is 3.51. The molecule has 0 aliphatic heterocycles. The molecular formula is C18H17F2NO2. The Hall–Kier alpha value is -2.27. The second-order valence-corrected chi connectivity index (χ2v) is 5.91. The van der Waals surface area contributed by atoms with Gasteiger partial charge in [-0.15, -0.1) is 0 Å². The number of carbonyl (C=O) groups excluding carboxylic acids is 1. The molecular weight excluding hydrogens is 300 g/mol. The van der Waals surface area contributed by atoms with Gasteiger partial charge in [0.1, 0.15) is 11.6 Å². The number of halogens is 2. The van der Waals surface area contributed by atoms with Crippen LogP contribution < -0.4 is 5.32 Å². The van der Waals surface area contributed by atoms with Crippen molar-refractivity contribution in [3.63, 3.8) is 0 Å². The monoisotopic (exact) mass is 317 g/mol. The summed E-state index contributed by atoms with van der Waals surface area (Å²) >= 11 is 0. The summed E-state index contributed by atoms with van der Waals surface area (Å²) in [4.78, 5) is 12.3. The molecule has 2 aromatic carbocycles. The van der Waals surface area contributed by atoms with Crippen LogP contribution in [0.15, 0.2) is 36.4 Å². The highest BCUT2D eigenvalue weighted by molar-refractivity contribution is 5.95. The van der Waals surface area contributed by atoms with Crippen LogP contribution in [0.3, 0.4) is 0 Å². The molecule has 3 nitrogen and oxygen atoms in total. The van der Waals surface area contributed by atoms with Gasteiger partial charge in [0.2, 0.25) is 5.91 Å². The van der Waals surface area contributed by atoms with E-state index < -0.39 is 11.6 Å². The van der Waals surface area contributed by atoms with Crippen LogP contribution in [0.1, 0.15) is 29.0 Å². The minimum absolute atomic E-state index is 0.107. The Morgan fingerprint density at radius 3 is 2.78 bits per heavy atom. The fourth-order valence-corrected chi connectivity index (χ4v) is 2.75. The molecule has 1 fully saturated rings. The third-order valence-corrected chi connectivity index (χ3v) is 4.23. The summed E-state index contributed by atoms with van der Waals surface area (Å²) in [6, 6.07) is 8.63. The van der Waals surface area contributed by atoms with Crippen LogP contribution in [0.2, 0.25) is 0 Å². The van der Waals surface area contributed by atoms with Crippen molar-refractivity contribution < 1.29 is 18.7 Å². The second kappa shape index (κ2) is 6.08. The minimum atomic E-state index is -0.501. The maximum atomic E-state index is 13.8. The summed E-state index contributed by atoms with van der Waals surface area (Å²) in [5.74, 6) is -1.84. The molecule has 2 unspecified atom stereocenters. The van der Waals surface area contributed by atoms with Crippen molar-refractivity contribution in [3.05, 3.63) is 64.7 Å². The van der Waals surface area contributed by atoms with Crippen LogP contribution in [0.4, 0.5) is 14.5 Å². The Morgan fingerprint density at radius 1 is 1.26 bits per heavy atom. The first-order chi connectivity index (χ1) is 11.0. The molecule has 1 saturated carbocycles. The van der Waals surface area contributed by atoms with Crippen molar-refractivity contribution in [2.45, 2.75) is 25.9 Å². The molecule has 2 atom stereocenters. The molecule has 0 radical (unpaired) electrons. The van der Waals surface area contributed by atoms with E-state index in [-0.39, 0.29) is 29.9 Å². The lowest BCUT2D eigenvalue weighted by molar-refractivity contribution is -0.117. The molecule has 1 aliphatic rings. The lowest BCUT2D eigenvalue weighted by Gasteiger charge is -2.10. The molecule has 0 bridgehead atoms. The average Bonchev–Trinajstić information content (AvgIpc) is 3.32. The molecule has 0 saturated heterocycles. The van der Waals surface area contributed by atoms with Crippen molar-refractivity contribution in [1.82, 2.24) is 0 Å². The van der Waals surface area contributed by atoms with E-state index in [1.54, 1.807) is 12.1 Å². The van der Waals surface area contributed by atoms with Gasteiger partial charge in [-0.25, -0.2) is 8.78 Å². The van der Waals surface area contributed by atoms with Gasteiger partial charge in [0, 0.05) is 11.6 Å². The second-order valence-electron chi connectivity index (χ2n) is 5.91. The SMILES string of the molecule is Cc1ccc(CO)cc1NC(=O)C1CC1c1cc(F)ccc1F. The summed E-state index contributed by atoms with van der Waals surface area (Å²) in [5.41, 5.74) is 2.47. The number of anilines is 1. The molecule has 23 heavy (non-hydrogen) atoms. The maximum Gasteiger partial charge on any atom is 0.228 e. The summed E-state index contributed by atoms with van der Waals surface area (Å²) in [7, 11) is 0. The van der Waals surface area contributed by atoms with Gasteiger partial charge in [-0.3, -0.25) is 4.79 Å². The Kier molecular flexibility index (Phi) is 4.13. The Bertz CT molecular complexity index is 761. The van der Waals surface area contributed by atoms with E-state index in [0.717, 1.165) is 23.8 Å². The number of benzene rings is 2. The zero-order valence-electron chi connectivity index (χ0n) is 12.6. The van der Waals surface area contributed by atoms with Gasteiger partial charge in [0.15, 0.2) is 0 Å². The van der Waals surface area contributed by atoms with E-state index in [0.29, 0.717) is 17.7 Å². The first-order valence-electron chi connectivity index (χ1n) is 7.46. The van der Waals surface area contributed by atoms with Gasteiger partial charge in [-0.2, -0.15) is 0 Å². The zero-order valence-corrected chi connectivity index (χ0v) is 12.6. The van der Waals surface area contributed by atoms with Crippen molar-refractivity contribution in [2.75, 3.05) is 5.32 Å². The number of hydrogen-bond acceptors (Lipinski definition) is 2. The summed E-state index contributed by atoms with van der Waals surface area (Å²) < 4.78 is 27.0. The van der Waals surface area contributed by atoms with Crippen LogP contribution in [-0.4, -0.2) is 11.0 Å². The number of aryl methyl sites for hydroxylation is 1. The number of aliphatic hydroxyl groups is 1. The molecule has 1 amide bonds. The Balaban J connectivity index is 1.72. The number of hydrogen-bond donors (Lipinski definition) is 2. The maximum absolute atomic E-state index is 13.8. The molecule has 0 heterocycles. The molecule has 0 aromatic heterocycles. The summed E-state index contributed by atoms with van der Waals surface area (Å²) in [6.45, 7) is 1.75. The minimum Gasteiger partial charge on any atom is -0.392 e. The quantitative estimate of drug-likeness (QED) is 0.906. The van der Waals surface area contributed by atoms with E-state index in [1.807, 2.05) is 13.0 Å². The molecule has 5 heteroatoms. The van der Waals surface area contributed by atoms with Gasteiger partial charge in [0.05, 0.1) is 6.61 Å². The van der Waals surface area contributed by atoms with E-state index in [2.05, 4.69) is 5.32 Å². The topological polar surface area (TPSA) is 49.3 Å². The van der Waals surface area contributed by atoms with Crippen molar-refractivity contribution >= 4 is 11.6 Å². The average molecular weight is 317 g/mol. The highest BCUT2D eigenvalue weighted by Crippen LogP contribution is 2.49. The summed E-state index contributed by atoms with van der Waals surface area (Å²) in [6.07, 6.45) is 0.505. The van der Waals surface area contributed by atoms with Gasteiger partial charge in [0.25, 0.3) is 0 Å². The van der Waals surface area contributed by atoms with Gasteiger partial charge < -0.3 is 10.4 Å². The first kappa shape index (κ1) is 15.6. The fraction of sp³-hybridized carbons (Fsp3) is 0.278.